The number of carbonyl (C=O) groups is 1. The minimum absolute atomic E-state index is 1.25. The van der Waals surface area contributed by atoms with E-state index in [1.54, 1.807) is 0 Å². The molecule has 90 valence electrons. The molecule has 3 nitrogen and oxygen atoms in total. The second-order valence-corrected chi connectivity index (χ2v) is 5.58. The third-order valence-electron chi connectivity index (χ3n) is 2.14. The smallest absolute Gasteiger partial charge is 0.356 e. The normalized spacial score (nSPS) is 17.9. The number of carboxylic acid groups (broad SMARTS) is 1. The van der Waals surface area contributed by atoms with Crippen LogP contribution in [0.4, 0.5) is 0 Å². The first-order valence-electron chi connectivity index (χ1n) is 4.90. The van der Waals surface area contributed by atoms with Crippen molar-refractivity contribution in [3.8, 4) is 0 Å². The molecule has 0 aromatic heterocycles. The van der Waals surface area contributed by atoms with E-state index in [0.29, 0.717) is 0 Å². The van der Waals surface area contributed by atoms with Crippen LogP contribution in [-0.2, 0) is 4.79 Å². The molecule has 0 aliphatic carbocycles. The molecule has 1 saturated heterocycles. The summed E-state index contributed by atoms with van der Waals surface area (Å²) in [6.45, 7) is 6.18. The molecule has 0 spiro atoms. The number of hydrogen-bond acceptors (Lipinski definition) is 2. The lowest BCUT2D eigenvalue weighted by atomic mass is 10.1. The van der Waals surface area contributed by atoms with E-state index in [9.17, 15) is 4.79 Å². The molecule has 0 radical (unpaired) electrons. The highest BCUT2D eigenvalue weighted by Crippen LogP contribution is 2.25. The fraction of sp³-hybridized carbons (Fsp3) is 0.889. The van der Waals surface area contributed by atoms with Crippen molar-refractivity contribution in [1.82, 2.24) is 4.90 Å². The third-order valence-corrected chi connectivity index (χ3v) is 2.62. The summed E-state index contributed by atoms with van der Waals surface area (Å²) in [7, 11) is 0. The Bertz CT molecular complexity index is 188. The largest absolute Gasteiger partial charge is 0.478 e. The average Bonchev–Trinajstić information content (AvgIpc) is 2.18. The summed E-state index contributed by atoms with van der Waals surface area (Å²) in [5, 5.41) is 7.85. The van der Waals surface area contributed by atoms with Crippen molar-refractivity contribution in [3.63, 3.8) is 0 Å². The number of halogens is 3. The minimum atomic E-state index is -2.17. The number of piperidine rings is 1. The van der Waals surface area contributed by atoms with Gasteiger partial charge in [-0.05, 0) is 32.5 Å². The monoisotopic (exact) mass is 275 g/mol. The molecule has 1 aliphatic rings. The summed E-state index contributed by atoms with van der Waals surface area (Å²) >= 11 is 14.4. The second-order valence-electron chi connectivity index (χ2n) is 3.30. The van der Waals surface area contributed by atoms with Gasteiger partial charge in [-0.25, -0.2) is 4.79 Å². The molecule has 1 fully saturated rings. The first kappa shape index (κ1) is 15.3. The van der Waals surface area contributed by atoms with E-state index in [1.165, 1.54) is 38.9 Å². The van der Waals surface area contributed by atoms with Gasteiger partial charge in [0.2, 0.25) is 0 Å². The Morgan fingerprint density at radius 1 is 1.27 bits per heavy atom. The van der Waals surface area contributed by atoms with Crippen molar-refractivity contribution >= 4 is 40.8 Å². The molecule has 6 heteroatoms. The standard InChI is InChI=1S/C7H15N.C2HCl3O2/c1-2-8-6-4-3-5-7-8;3-2(4,5)1(6)7/h2-7H2,1H3;(H,6,7). The van der Waals surface area contributed by atoms with Crippen molar-refractivity contribution in [2.45, 2.75) is 30.0 Å². The predicted molar refractivity (Wildman–Crippen MR) is 63.9 cm³/mol. The molecule has 15 heavy (non-hydrogen) atoms. The summed E-state index contributed by atoms with van der Waals surface area (Å²) in [4.78, 5) is 12.1. The average molecular weight is 277 g/mol. The van der Waals surface area contributed by atoms with Crippen LogP contribution >= 0.6 is 34.8 Å². The summed E-state index contributed by atoms with van der Waals surface area (Å²) in [6.07, 6.45) is 4.30. The van der Waals surface area contributed by atoms with Crippen LogP contribution in [0.2, 0.25) is 0 Å². The van der Waals surface area contributed by atoms with Gasteiger partial charge >= 0.3 is 5.97 Å². The lowest BCUT2D eigenvalue weighted by Gasteiger charge is -2.24. The lowest BCUT2D eigenvalue weighted by Crippen LogP contribution is -2.29. The topological polar surface area (TPSA) is 40.5 Å². The first-order chi connectivity index (χ1) is 6.88. The number of alkyl halides is 3. The molecule has 1 N–H and O–H groups in total. The van der Waals surface area contributed by atoms with Gasteiger partial charge in [0.15, 0.2) is 0 Å². The van der Waals surface area contributed by atoms with E-state index in [0.717, 1.165) is 0 Å². The van der Waals surface area contributed by atoms with Crippen molar-refractivity contribution in [2.75, 3.05) is 19.6 Å². The molecule has 0 amide bonds. The summed E-state index contributed by atoms with van der Waals surface area (Å²) in [5.74, 6) is -1.46. The summed E-state index contributed by atoms with van der Waals surface area (Å²) in [6, 6.07) is 0. The van der Waals surface area contributed by atoms with Crippen LogP contribution in [0.25, 0.3) is 0 Å². The summed E-state index contributed by atoms with van der Waals surface area (Å²) < 4.78 is -2.17. The molecule has 1 heterocycles. The van der Waals surface area contributed by atoms with Gasteiger partial charge in [-0.1, -0.05) is 48.1 Å². The lowest BCUT2D eigenvalue weighted by molar-refractivity contribution is -0.135. The Labute approximate surface area is 105 Å². The van der Waals surface area contributed by atoms with E-state index in [2.05, 4.69) is 11.8 Å². The quantitative estimate of drug-likeness (QED) is 0.749. The predicted octanol–water partition coefficient (Wildman–Crippen LogP) is 2.93. The molecule has 0 aromatic carbocycles. The van der Waals surface area contributed by atoms with Crippen molar-refractivity contribution < 1.29 is 9.90 Å². The van der Waals surface area contributed by atoms with Gasteiger partial charge in [0.05, 0.1) is 0 Å². The van der Waals surface area contributed by atoms with Crippen molar-refractivity contribution in [3.05, 3.63) is 0 Å². The van der Waals surface area contributed by atoms with Crippen LogP contribution in [0, 0.1) is 0 Å². The summed E-state index contributed by atoms with van der Waals surface area (Å²) in [5.41, 5.74) is 0. The molecule has 0 saturated carbocycles. The van der Waals surface area contributed by atoms with E-state index in [4.69, 9.17) is 39.9 Å². The van der Waals surface area contributed by atoms with E-state index >= 15 is 0 Å². The van der Waals surface area contributed by atoms with Gasteiger partial charge in [0.1, 0.15) is 0 Å². The molecular formula is C9H16Cl3NO2. The fourth-order valence-corrected chi connectivity index (χ4v) is 1.28. The zero-order chi connectivity index (χ0) is 11.9. The van der Waals surface area contributed by atoms with Gasteiger partial charge in [0, 0.05) is 0 Å². The second kappa shape index (κ2) is 7.55. The van der Waals surface area contributed by atoms with Gasteiger partial charge < -0.3 is 10.0 Å². The number of nitrogens with zero attached hydrogens (tertiary/aromatic N) is 1. The molecule has 0 bridgehead atoms. The Hall–Kier alpha value is 0.300. The Morgan fingerprint density at radius 3 is 1.87 bits per heavy atom. The number of hydrogen-bond donors (Lipinski definition) is 1. The van der Waals surface area contributed by atoms with Crippen LogP contribution < -0.4 is 0 Å². The van der Waals surface area contributed by atoms with Crippen LogP contribution in [-0.4, -0.2) is 39.4 Å². The zero-order valence-corrected chi connectivity index (χ0v) is 10.9. The van der Waals surface area contributed by atoms with Crippen LogP contribution in [0.1, 0.15) is 26.2 Å². The van der Waals surface area contributed by atoms with Gasteiger partial charge in [-0.15, -0.1) is 0 Å². The highest BCUT2D eigenvalue weighted by atomic mass is 35.6. The van der Waals surface area contributed by atoms with Gasteiger partial charge in [-0.3, -0.25) is 0 Å². The maximum Gasteiger partial charge on any atom is 0.356 e. The molecule has 0 unspecified atom stereocenters. The van der Waals surface area contributed by atoms with Crippen LogP contribution in [0.15, 0.2) is 0 Å². The van der Waals surface area contributed by atoms with Crippen LogP contribution in [0.3, 0.4) is 0 Å². The van der Waals surface area contributed by atoms with Gasteiger partial charge in [0.25, 0.3) is 3.79 Å². The number of aliphatic carboxylic acids is 1. The Morgan fingerprint density at radius 2 is 1.67 bits per heavy atom. The minimum Gasteiger partial charge on any atom is -0.478 e. The van der Waals surface area contributed by atoms with Gasteiger partial charge in [-0.2, -0.15) is 0 Å². The number of carboxylic acids is 1. The van der Waals surface area contributed by atoms with Crippen LogP contribution in [0.5, 0.6) is 0 Å². The Kier molecular flexibility index (Phi) is 7.70. The first-order valence-corrected chi connectivity index (χ1v) is 6.03. The molecule has 0 atom stereocenters. The van der Waals surface area contributed by atoms with E-state index in [-0.39, 0.29) is 0 Å². The van der Waals surface area contributed by atoms with Crippen molar-refractivity contribution in [1.29, 1.82) is 0 Å². The zero-order valence-electron chi connectivity index (χ0n) is 8.68. The Balaban J connectivity index is 0.000000265. The van der Waals surface area contributed by atoms with Crippen molar-refractivity contribution in [2.24, 2.45) is 0 Å². The number of likely N-dealkylation sites (tertiary alicyclic amines) is 1. The van der Waals surface area contributed by atoms with E-state index < -0.39 is 9.76 Å². The highest BCUT2D eigenvalue weighted by Gasteiger charge is 2.29. The molecule has 0 aromatic rings. The SMILES string of the molecule is CCN1CCCCC1.O=C(O)C(Cl)(Cl)Cl. The van der Waals surface area contributed by atoms with E-state index in [1.807, 2.05) is 0 Å². The maximum atomic E-state index is 9.62. The molecular weight excluding hydrogens is 260 g/mol. The molecule has 1 aliphatic heterocycles. The highest BCUT2D eigenvalue weighted by molar-refractivity contribution is 6.75. The third kappa shape index (κ3) is 8.14. The molecule has 1 rings (SSSR count). The number of rotatable bonds is 1. The fourth-order valence-electron chi connectivity index (χ4n) is 1.28. The maximum absolute atomic E-state index is 9.62.